The summed E-state index contributed by atoms with van der Waals surface area (Å²) in [7, 11) is 0. The third-order valence-electron chi connectivity index (χ3n) is 5.87. The number of hydrogen-bond acceptors (Lipinski definition) is 6. The Bertz CT molecular complexity index is 1030. The Labute approximate surface area is 207 Å². The molecule has 1 aromatic carbocycles. The molecule has 0 spiro atoms. The molecule has 34 heavy (non-hydrogen) atoms. The van der Waals surface area contributed by atoms with Crippen molar-refractivity contribution in [2.45, 2.75) is 45.1 Å². The highest BCUT2D eigenvalue weighted by atomic mass is 35.5. The minimum Gasteiger partial charge on any atom is -0.310 e. The fraction of sp³-hybridized carbons (Fsp3) is 0.458. The van der Waals surface area contributed by atoms with Crippen molar-refractivity contribution < 1.29 is 13.2 Å². The molecule has 2 aliphatic rings. The zero-order valence-electron chi connectivity index (χ0n) is 18.8. The van der Waals surface area contributed by atoms with Gasteiger partial charge < -0.3 is 9.21 Å². The highest BCUT2D eigenvalue weighted by molar-refractivity contribution is 8.00. The summed E-state index contributed by atoms with van der Waals surface area (Å²) in [6, 6.07) is 8.38. The van der Waals surface area contributed by atoms with E-state index in [1.165, 1.54) is 38.4 Å². The average Bonchev–Trinajstić information content (AvgIpc) is 3.35. The molecule has 0 aliphatic carbocycles. The van der Waals surface area contributed by atoms with Crippen LogP contribution in [0.3, 0.4) is 0 Å². The van der Waals surface area contributed by atoms with Gasteiger partial charge in [-0.2, -0.15) is 10.2 Å². The largest absolute Gasteiger partial charge is 0.310 e. The number of pyridine rings is 1. The highest BCUT2D eigenvalue weighted by Crippen LogP contribution is 2.29. The fourth-order valence-electron chi connectivity index (χ4n) is 3.98. The van der Waals surface area contributed by atoms with Gasteiger partial charge in [0.2, 0.25) is 0 Å². The Morgan fingerprint density at radius 1 is 1.09 bits per heavy atom. The fourth-order valence-corrected chi connectivity index (χ4v) is 5.12. The molecule has 0 saturated carbocycles. The van der Waals surface area contributed by atoms with Gasteiger partial charge in [-0.1, -0.05) is 18.0 Å². The quantitative estimate of drug-likeness (QED) is 0.282. The predicted molar refractivity (Wildman–Crippen MR) is 134 cm³/mol. The number of benzene rings is 1. The van der Waals surface area contributed by atoms with Crippen molar-refractivity contribution >= 4 is 40.7 Å². The lowest BCUT2D eigenvalue weighted by Gasteiger charge is -2.27. The van der Waals surface area contributed by atoms with Gasteiger partial charge in [-0.3, -0.25) is 4.98 Å². The molecule has 0 radical (unpaired) electrons. The number of alkyl halides is 2. The maximum absolute atomic E-state index is 13.7. The number of likely N-dealkylation sites (tertiary alicyclic amines) is 1. The van der Waals surface area contributed by atoms with Gasteiger partial charge in [0.25, 0.3) is 6.43 Å². The second-order valence-electron chi connectivity index (χ2n) is 8.38. The van der Waals surface area contributed by atoms with Crippen LogP contribution in [0.1, 0.15) is 43.4 Å². The van der Waals surface area contributed by atoms with Crippen LogP contribution in [0.25, 0.3) is 0 Å². The zero-order valence-corrected chi connectivity index (χ0v) is 20.3. The van der Waals surface area contributed by atoms with Crippen molar-refractivity contribution in [3.05, 3.63) is 58.6 Å². The molecule has 0 amide bonds. The van der Waals surface area contributed by atoms with Crippen LogP contribution in [0.2, 0.25) is 5.02 Å². The van der Waals surface area contributed by atoms with Crippen LogP contribution >= 0.6 is 23.5 Å². The van der Waals surface area contributed by atoms with E-state index in [1.807, 2.05) is 12.1 Å². The van der Waals surface area contributed by atoms with Gasteiger partial charge >= 0.3 is 0 Å². The molecular weight excluding hydrogens is 483 g/mol. The normalized spacial score (nSPS) is 16.6. The first-order chi connectivity index (χ1) is 16.5. The smallest absolute Gasteiger partial charge is 0.278 e. The Balaban J connectivity index is 1.38. The third kappa shape index (κ3) is 6.73. The summed E-state index contributed by atoms with van der Waals surface area (Å²) in [6.45, 7) is 3.91. The minimum atomic E-state index is -2.60. The summed E-state index contributed by atoms with van der Waals surface area (Å²) in [5, 5.41) is 7.51. The monoisotopic (exact) mass is 509 g/mol. The molecule has 10 heteroatoms. The zero-order chi connectivity index (χ0) is 23.9. The SMILES string of the molecule is Fc1ccc(N(Cc2ccc(C3=NN=C(C(F)F)C3)cn2)SCCCN2CCCCC2)cc1Cl. The van der Waals surface area contributed by atoms with E-state index in [4.69, 9.17) is 11.6 Å². The van der Waals surface area contributed by atoms with Crippen LogP contribution in [0, 0.1) is 5.82 Å². The Morgan fingerprint density at radius 2 is 1.91 bits per heavy atom. The molecule has 4 rings (SSSR count). The molecule has 2 aliphatic heterocycles. The van der Waals surface area contributed by atoms with E-state index in [0.29, 0.717) is 17.8 Å². The number of anilines is 1. The van der Waals surface area contributed by atoms with Gasteiger partial charge in [-0.15, -0.1) is 0 Å². The molecule has 1 aromatic heterocycles. The first-order valence-electron chi connectivity index (χ1n) is 11.4. The molecule has 0 bridgehead atoms. The van der Waals surface area contributed by atoms with E-state index in [0.717, 1.165) is 30.1 Å². The molecule has 5 nitrogen and oxygen atoms in total. The second kappa shape index (κ2) is 12.0. The molecule has 2 aromatic rings. The lowest BCUT2D eigenvalue weighted by molar-refractivity contribution is 0.224. The van der Waals surface area contributed by atoms with Gasteiger partial charge in [-0.05, 0) is 81.2 Å². The lowest BCUT2D eigenvalue weighted by atomic mass is 10.1. The molecule has 1 saturated heterocycles. The maximum atomic E-state index is 13.7. The molecular formula is C24H27ClF3N5S. The number of rotatable bonds is 10. The van der Waals surface area contributed by atoms with E-state index in [1.54, 1.807) is 30.3 Å². The molecule has 3 heterocycles. The molecule has 1 fully saturated rings. The summed E-state index contributed by atoms with van der Waals surface area (Å²) < 4.78 is 41.4. The second-order valence-corrected chi connectivity index (χ2v) is 9.89. The van der Waals surface area contributed by atoms with Crippen LogP contribution in [0.4, 0.5) is 18.9 Å². The molecule has 182 valence electrons. The maximum Gasteiger partial charge on any atom is 0.278 e. The van der Waals surface area contributed by atoms with Gasteiger partial charge in [0, 0.05) is 29.6 Å². The van der Waals surface area contributed by atoms with E-state index in [-0.39, 0.29) is 17.2 Å². The van der Waals surface area contributed by atoms with Crippen molar-refractivity contribution in [1.29, 1.82) is 0 Å². The van der Waals surface area contributed by atoms with Crippen molar-refractivity contribution in [3.8, 4) is 0 Å². The Kier molecular flexibility index (Phi) is 8.86. The summed E-state index contributed by atoms with van der Waals surface area (Å²) in [5.41, 5.74) is 2.54. The van der Waals surface area contributed by atoms with Crippen LogP contribution in [0.15, 0.2) is 46.7 Å². The number of hydrogen-bond donors (Lipinski definition) is 0. The average molecular weight is 510 g/mol. The first kappa shape index (κ1) is 25.0. The minimum absolute atomic E-state index is 0.0335. The highest BCUT2D eigenvalue weighted by Gasteiger charge is 2.22. The van der Waals surface area contributed by atoms with Crippen molar-refractivity contribution in [2.75, 3.05) is 29.7 Å². The van der Waals surface area contributed by atoms with Crippen molar-refractivity contribution in [3.63, 3.8) is 0 Å². The number of halogens is 4. The number of nitrogens with zero attached hydrogens (tertiary/aromatic N) is 5. The van der Waals surface area contributed by atoms with Gasteiger partial charge in [0.15, 0.2) is 0 Å². The van der Waals surface area contributed by atoms with Gasteiger partial charge in [0.1, 0.15) is 11.5 Å². The van der Waals surface area contributed by atoms with E-state index in [2.05, 4.69) is 24.4 Å². The lowest BCUT2D eigenvalue weighted by Crippen LogP contribution is -2.31. The first-order valence-corrected chi connectivity index (χ1v) is 12.8. The summed E-state index contributed by atoms with van der Waals surface area (Å²) >= 11 is 7.71. The Morgan fingerprint density at radius 3 is 2.59 bits per heavy atom. The van der Waals surface area contributed by atoms with Crippen LogP contribution in [-0.2, 0) is 6.54 Å². The standard InChI is InChI=1S/C24H27ClF3N5S/c25-20-13-19(7-8-21(20)26)33(34-12-4-11-32-9-2-1-3-10-32)16-18-6-5-17(15-29-18)22-14-23(24(27)28)31-30-22/h5-8,13,15,24H,1-4,9-12,14,16H2. The summed E-state index contributed by atoms with van der Waals surface area (Å²) in [6.07, 6.45) is 3.99. The molecule has 0 atom stereocenters. The topological polar surface area (TPSA) is 44.1 Å². The van der Waals surface area contributed by atoms with Crippen LogP contribution in [-0.4, -0.2) is 53.1 Å². The Hall–Kier alpha value is -2.10. The van der Waals surface area contributed by atoms with E-state index < -0.39 is 12.2 Å². The summed E-state index contributed by atoms with van der Waals surface area (Å²) in [4.78, 5) is 7.02. The van der Waals surface area contributed by atoms with E-state index >= 15 is 0 Å². The van der Waals surface area contributed by atoms with E-state index in [9.17, 15) is 13.2 Å². The van der Waals surface area contributed by atoms with Crippen molar-refractivity contribution in [2.24, 2.45) is 10.2 Å². The van der Waals surface area contributed by atoms with Gasteiger partial charge in [-0.25, -0.2) is 13.2 Å². The predicted octanol–water partition coefficient (Wildman–Crippen LogP) is 6.22. The van der Waals surface area contributed by atoms with Crippen LogP contribution < -0.4 is 4.31 Å². The van der Waals surface area contributed by atoms with Crippen LogP contribution in [0.5, 0.6) is 0 Å². The van der Waals surface area contributed by atoms with Gasteiger partial charge in [0.05, 0.1) is 23.0 Å². The number of piperidine rings is 1. The molecule has 0 N–H and O–H groups in total. The molecule has 0 unspecified atom stereocenters. The third-order valence-corrected chi connectivity index (χ3v) is 7.28. The van der Waals surface area contributed by atoms with Crippen molar-refractivity contribution in [1.82, 2.24) is 9.88 Å². The summed E-state index contributed by atoms with van der Waals surface area (Å²) in [5.74, 6) is 0.458. The number of aromatic nitrogens is 1.